The van der Waals surface area contributed by atoms with Gasteiger partial charge < -0.3 is 9.88 Å². The number of hydrogen-bond acceptors (Lipinski definition) is 3. The van der Waals surface area contributed by atoms with Crippen LogP contribution in [0.15, 0.2) is 47.9 Å². The molecule has 0 unspecified atom stereocenters. The van der Waals surface area contributed by atoms with Crippen LogP contribution in [0.2, 0.25) is 0 Å². The van der Waals surface area contributed by atoms with Crippen molar-refractivity contribution >= 4 is 11.8 Å². The fraction of sp³-hybridized carbons (Fsp3) is 0.471. The third-order valence-corrected chi connectivity index (χ3v) is 4.19. The molecule has 0 aliphatic rings. The van der Waals surface area contributed by atoms with E-state index in [-0.39, 0.29) is 5.54 Å². The summed E-state index contributed by atoms with van der Waals surface area (Å²) in [6.07, 6.45) is 6.89. The lowest BCUT2D eigenvalue weighted by Crippen LogP contribution is -2.35. The van der Waals surface area contributed by atoms with Gasteiger partial charge in [0.2, 0.25) is 0 Å². The van der Waals surface area contributed by atoms with E-state index >= 15 is 0 Å². The Morgan fingerprint density at radius 1 is 1.29 bits per heavy atom. The summed E-state index contributed by atoms with van der Waals surface area (Å²) in [5.74, 6) is 1.13. The molecule has 1 N–H and O–H groups in total. The highest BCUT2D eigenvalue weighted by atomic mass is 32.2. The van der Waals surface area contributed by atoms with E-state index in [9.17, 15) is 0 Å². The first-order chi connectivity index (χ1) is 10.0. The van der Waals surface area contributed by atoms with E-state index in [2.05, 4.69) is 59.9 Å². The Labute approximate surface area is 132 Å². The van der Waals surface area contributed by atoms with Gasteiger partial charge in [-0.1, -0.05) is 12.1 Å². The molecule has 0 fully saturated rings. The van der Waals surface area contributed by atoms with Crippen LogP contribution in [0.5, 0.6) is 0 Å². The Kier molecular flexibility index (Phi) is 5.88. The summed E-state index contributed by atoms with van der Waals surface area (Å²) in [5, 5.41) is 3.53. The van der Waals surface area contributed by atoms with Gasteiger partial charge in [-0.05, 0) is 50.6 Å². The van der Waals surface area contributed by atoms with Crippen molar-refractivity contribution in [1.29, 1.82) is 0 Å². The van der Waals surface area contributed by atoms with Crippen molar-refractivity contribution in [3.05, 3.63) is 48.5 Å². The van der Waals surface area contributed by atoms with E-state index in [1.807, 2.05) is 30.5 Å². The Morgan fingerprint density at radius 3 is 2.86 bits per heavy atom. The number of nitrogens with zero attached hydrogens (tertiary/aromatic N) is 2. The van der Waals surface area contributed by atoms with Crippen LogP contribution in [0, 0.1) is 0 Å². The minimum atomic E-state index is 0.161. The van der Waals surface area contributed by atoms with Gasteiger partial charge in [-0.3, -0.25) is 0 Å². The number of aromatic nitrogens is 2. The molecule has 0 spiro atoms. The molecular weight excluding hydrogens is 278 g/mol. The highest BCUT2D eigenvalue weighted by Crippen LogP contribution is 2.20. The molecule has 0 amide bonds. The molecule has 0 atom stereocenters. The Bertz CT molecular complexity index is 529. The maximum Gasteiger partial charge on any atom is 0.0945 e. The molecule has 1 heterocycles. The van der Waals surface area contributed by atoms with Gasteiger partial charge in [0.25, 0.3) is 0 Å². The molecular formula is C17H25N3S. The summed E-state index contributed by atoms with van der Waals surface area (Å²) in [6, 6.07) is 8.83. The lowest BCUT2D eigenvalue weighted by molar-refractivity contribution is 0.424. The predicted octanol–water partition coefficient (Wildman–Crippen LogP) is 3.95. The molecule has 21 heavy (non-hydrogen) atoms. The van der Waals surface area contributed by atoms with E-state index in [0.717, 1.165) is 25.3 Å². The molecule has 1 aromatic heterocycles. The smallest absolute Gasteiger partial charge is 0.0945 e. The second-order valence-corrected chi connectivity index (χ2v) is 7.42. The van der Waals surface area contributed by atoms with Gasteiger partial charge in [0, 0.05) is 35.9 Å². The van der Waals surface area contributed by atoms with Gasteiger partial charge >= 0.3 is 0 Å². The van der Waals surface area contributed by atoms with Crippen LogP contribution >= 0.6 is 11.8 Å². The molecule has 1 aromatic carbocycles. The molecule has 2 rings (SSSR count). The van der Waals surface area contributed by atoms with Gasteiger partial charge in [0.15, 0.2) is 0 Å². The van der Waals surface area contributed by atoms with Crippen LogP contribution < -0.4 is 5.32 Å². The summed E-state index contributed by atoms with van der Waals surface area (Å²) in [6.45, 7) is 8.55. The lowest BCUT2D eigenvalue weighted by Gasteiger charge is -2.20. The van der Waals surface area contributed by atoms with E-state index in [4.69, 9.17) is 0 Å². The standard InChI is InChI=1S/C17H25N3S/c1-17(2,3)19-13-15-6-4-7-16(12-15)21-11-5-9-20-10-8-18-14-20/h4,6-8,10,12,14,19H,5,9,11,13H2,1-3H3. The van der Waals surface area contributed by atoms with Crippen molar-refractivity contribution in [2.24, 2.45) is 0 Å². The normalized spacial score (nSPS) is 11.8. The zero-order chi connectivity index (χ0) is 15.1. The number of nitrogens with one attached hydrogen (secondary N) is 1. The quantitative estimate of drug-likeness (QED) is 0.620. The molecule has 0 saturated heterocycles. The number of aryl methyl sites for hydroxylation is 1. The fourth-order valence-corrected chi connectivity index (χ4v) is 2.89. The zero-order valence-corrected chi connectivity index (χ0v) is 14.0. The van der Waals surface area contributed by atoms with Crippen LogP contribution in [0.4, 0.5) is 0 Å². The third-order valence-electron chi connectivity index (χ3n) is 3.11. The molecule has 0 aliphatic heterocycles. The van der Waals surface area contributed by atoms with Gasteiger partial charge in [-0.25, -0.2) is 4.98 Å². The summed E-state index contributed by atoms with van der Waals surface area (Å²) in [4.78, 5) is 5.42. The molecule has 0 saturated carbocycles. The first kappa shape index (κ1) is 16.1. The average Bonchev–Trinajstić information content (AvgIpc) is 2.94. The highest BCUT2D eigenvalue weighted by Gasteiger charge is 2.08. The number of imidazole rings is 1. The number of hydrogen-bond donors (Lipinski definition) is 1. The minimum absolute atomic E-state index is 0.161. The van der Waals surface area contributed by atoms with E-state index in [0.29, 0.717) is 0 Å². The number of thioether (sulfide) groups is 1. The van der Waals surface area contributed by atoms with Crippen LogP contribution in [0.3, 0.4) is 0 Å². The van der Waals surface area contributed by atoms with E-state index in [1.54, 1.807) is 0 Å². The summed E-state index contributed by atoms with van der Waals surface area (Å²) in [5.41, 5.74) is 1.51. The number of rotatable bonds is 7. The molecule has 114 valence electrons. The summed E-state index contributed by atoms with van der Waals surface area (Å²) in [7, 11) is 0. The van der Waals surface area contributed by atoms with Crippen LogP contribution in [0.25, 0.3) is 0 Å². The van der Waals surface area contributed by atoms with E-state index in [1.165, 1.54) is 10.5 Å². The van der Waals surface area contributed by atoms with Crippen molar-refractivity contribution in [2.75, 3.05) is 5.75 Å². The Balaban J connectivity index is 1.75. The van der Waals surface area contributed by atoms with Crippen molar-refractivity contribution in [3.8, 4) is 0 Å². The van der Waals surface area contributed by atoms with Gasteiger partial charge in [-0.2, -0.15) is 0 Å². The van der Waals surface area contributed by atoms with E-state index < -0.39 is 0 Å². The number of benzene rings is 1. The van der Waals surface area contributed by atoms with Crippen molar-refractivity contribution < 1.29 is 0 Å². The Hall–Kier alpha value is -1.26. The molecule has 0 bridgehead atoms. The van der Waals surface area contributed by atoms with Crippen molar-refractivity contribution in [3.63, 3.8) is 0 Å². The van der Waals surface area contributed by atoms with Crippen molar-refractivity contribution in [1.82, 2.24) is 14.9 Å². The van der Waals surface area contributed by atoms with Gasteiger partial charge in [-0.15, -0.1) is 11.8 Å². The zero-order valence-electron chi connectivity index (χ0n) is 13.2. The van der Waals surface area contributed by atoms with Gasteiger partial charge in [0.05, 0.1) is 6.33 Å². The predicted molar refractivity (Wildman–Crippen MR) is 90.6 cm³/mol. The molecule has 2 aromatic rings. The average molecular weight is 303 g/mol. The maximum absolute atomic E-state index is 4.06. The maximum atomic E-state index is 4.06. The minimum Gasteiger partial charge on any atom is -0.337 e. The Morgan fingerprint density at radius 2 is 2.14 bits per heavy atom. The second kappa shape index (κ2) is 7.66. The topological polar surface area (TPSA) is 29.9 Å². The third kappa shape index (κ3) is 6.36. The van der Waals surface area contributed by atoms with Crippen LogP contribution in [0.1, 0.15) is 32.8 Å². The highest BCUT2D eigenvalue weighted by molar-refractivity contribution is 7.99. The summed E-state index contributed by atoms with van der Waals surface area (Å²) >= 11 is 1.93. The monoisotopic (exact) mass is 303 g/mol. The molecule has 0 aliphatic carbocycles. The molecule has 0 radical (unpaired) electrons. The van der Waals surface area contributed by atoms with Crippen molar-refractivity contribution in [2.45, 2.75) is 50.7 Å². The van der Waals surface area contributed by atoms with Gasteiger partial charge in [0.1, 0.15) is 0 Å². The SMILES string of the molecule is CC(C)(C)NCc1cccc(SCCCn2ccnc2)c1. The first-order valence-electron chi connectivity index (χ1n) is 7.45. The molecule has 4 heteroatoms. The fourth-order valence-electron chi connectivity index (χ4n) is 1.97. The second-order valence-electron chi connectivity index (χ2n) is 6.25. The lowest BCUT2D eigenvalue weighted by atomic mass is 10.1. The first-order valence-corrected chi connectivity index (χ1v) is 8.44. The largest absolute Gasteiger partial charge is 0.337 e. The molecule has 3 nitrogen and oxygen atoms in total. The van der Waals surface area contributed by atoms with Crippen LogP contribution in [-0.4, -0.2) is 20.8 Å². The summed E-state index contributed by atoms with van der Waals surface area (Å²) < 4.78 is 2.13. The van der Waals surface area contributed by atoms with Crippen LogP contribution in [-0.2, 0) is 13.1 Å².